The number of thiophene rings is 1. The van der Waals surface area contributed by atoms with Crippen LogP contribution in [0.5, 0.6) is 0 Å². The smallest absolute Gasteiger partial charge is 0.253 e. The number of aryl methyl sites for hydroxylation is 1. The molecule has 35 heavy (non-hydrogen) atoms. The summed E-state index contributed by atoms with van der Waals surface area (Å²) in [5.41, 5.74) is 3.78. The van der Waals surface area contributed by atoms with Crippen LogP contribution in [0.3, 0.4) is 0 Å². The predicted octanol–water partition coefficient (Wildman–Crippen LogP) is 4.40. The highest BCUT2D eigenvalue weighted by Crippen LogP contribution is 2.36. The lowest BCUT2D eigenvalue weighted by Gasteiger charge is -2.34. The summed E-state index contributed by atoms with van der Waals surface area (Å²) in [6, 6.07) is 17.1. The number of piperazine rings is 1. The van der Waals surface area contributed by atoms with Gasteiger partial charge in [-0.3, -0.25) is 14.5 Å². The van der Waals surface area contributed by atoms with Gasteiger partial charge in [0, 0.05) is 49.3 Å². The minimum atomic E-state index is -0.0110. The molecule has 2 aliphatic rings. The molecule has 2 aromatic carbocycles. The van der Waals surface area contributed by atoms with E-state index in [1.807, 2.05) is 58.8 Å². The van der Waals surface area contributed by atoms with E-state index in [0.29, 0.717) is 41.5 Å². The molecule has 1 saturated heterocycles. The van der Waals surface area contributed by atoms with Crippen LogP contribution in [0.4, 0.5) is 0 Å². The first kappa shape index (κ1) is 21.9. The van der Waals surface area contributed by atoms with Crippen molar-refractivity contribution in [3.8, 4) is 21.8 Å². The number of ketones is 1. The SMILES string of the molecule is O=C1c2ccccc2-c2ccc(C(=O)N3CCN(CCCc4nc(-c5cccs5)no4)CC3)cc21. The van der Waals surface area contributed by atoms with Crippen molar-refractivity contribution < 1.29 is 14.1 Å². The molecule has 0 atom stereocenters. The topological polar surface area (TPSA) is 79.5 Å². The summed E-state index contributed by atoms with van der Waals surface area (Å²) in [4.78, 5) is 35.7. The Bertz CT molecular complexity index is 1390. The summed E-state index contributed by atoms with van der Waals surface area (Å²) in [5, 5.41) is 6.06. The van der Waals surface area contributed by atoms with Crippen molar-refractivity contribution in [3.63, 3.8) is 0 Å². The van der Waals surface area contributed by atoms with Crippen molar-refractivity contribution in [2.45, 2.75) is 12.8 Å². The summed E-state index contributed by atoms with van der Waals surface area (Å²) in [6.07, 6.45) is 1.66. The lowest BCUT2D eigenvalue weighted by atomic mass is 10.0. The van der Waals surface area contributed by atoms with E-state index in [1.165, 1.54) is 0 Å². The van der Waals surface area contributed by atoms with Gasteiger partial charge in [0.2, 0.25) is 11.7 Å². The molecule has 0 radical (unpaired) electrons. The molecule has 0 N–H and O–H groups in total. The van der Waals surface area contributed by atoms with Gasteiger partial charge in [-0.25, -0.2) is 0 Å². The Labute approximate surface area is 207 Å². The molecule has 1 aliphatic heterocycles. The third-order valence-electron chi connectivity index (χ3n) is 6.71. The van der Waals surface area contributed by atoms with Crippen LogP contribution in [0.25, 0.3) is 21.8 Å². The number of rotatable bonds is 6. The van der Waals surface area contributed by atoms with Crippen LogP contribution in [0, 0.1) is 0 Å². The third kappa shape index (κ3) is 4.19. The monoisotopic (exact) mass is 484 g/mol. The summed E-state index contributed by atoms with van der Waals surface area (Å²) < 4.78 is 5.39. The fourth-order valence-electron chi connectivity index (χ4n) is 4.83. The Morgan fingerprint density at radius 1 is 0.943 bits per heavy atom. The molecule has 0 unspecified atom stereocenters. The van der Waals surface area contributed by atoms with Gasteiger partial charge in [0.1, 0.15) is 0 Å². The van der Waals surface area contributed by atoms with Crippen molar-refractivity contribution in [1.82, 2.24) is 19.9 Å². The largest absolute Gasteiger partial charge is 0.339 e. The van der Waals surface area contributed by atoms with Gasteiger partial charge >= 0.3 is 0 Å². The van der Waals surface area contributed by atoms with Crippen LogP contribution in [0.15, 0.2) is 64.5 Å². The van der Waals surface area contributed by atoms with Crippen LogP contribution >= 0.6 is 11.3 Å². The van der Waals surface area contributed by atoms with Crippen molar-refractivity contribution in [2.75, 3.05) is 32.7 Å². The number of fused-ring (bicyclic) bond motifs is 3. The number of benzene rings is 2. The first-order chi connectivity index (χ1) is 17.2. The van der Waals surface area contributed by atoms with E-state index in [-0.39, 0.29) is 11.7 Å². The average Bonchev–Trinajstić information content (AvgIpc) is 3.65. The first-order valence-electron chi connectivity index (χ1n) is 11.8. The minimum absolute atomic E-state index is 0.00109. The van der Waals surface area contributed by atoms with Crippen LogP contribution < -0.4 is 0 Å². The highest BCUT2D eigenvalue weighted by atomic mass is 32.1. The van der Waals surface area contributed by atoms with E-state index < -0.39 is 0 Å². The molecular weight excluding hydrogens is 460 g/mol. The van der Waals surface area contributed by atoms with E-state index in [9.17, 15) is 9.59 Å². The lowest BCUT2D eigenvalue weighted by molar-refractivity contribution is 0.0635. The van der Waals surface area contributed by atoms with Crippen LogP contribution in [-0.2, 0) is 6.42 Å². The molecule has 1 fully saturated rings. The molecule has 2 aromatic heterocycles. The van der Waals surface area contributed by atoms with Crippen LogP contribution in [0.1, 0.15) is 38.6 Å². The fourth-order valence-corrected chi connectivity index (χ4v) is 5.48. The summed E-state index contributed by atoms with van der Waals surface area (Å²) in [5.74, 6) is 1.30. The second kappa shape index (κ2) is 9.20. The Morgan fingerprint density at radius 2 is 1.74 bits per heavy atom. The zero-order chi connectivity index (χ0) is 23.8. The predicted molar refractivity (Wildman–Crippen MR) is 134 cm³/mol. The van der Waals surface area contributed by atoms with Gasteiger partial charge in [-0.2, -0.15) is 4.98 Å². The van der Waals surface area contributed by atoms with Gasteiger partial charge in [-0.15, -0.1) is 11.3 Å². The molecule has 1 aliphatic carbocycles. The number of carbonyl (C=O) groups is 2. The van der Waals surface area contributed by atoms with Gasteiger partial charge in [-0.05, 0) is 47.7 Å². The Balaban J connectivity index is 1.02. The number of hydrogen-bond acceptors (Lipinski definition) is 7. The number of carbonyl (C=O) groups excluding carboxylic acids is 2. The van der Waals surface area contributed by atoms with Crippen LogP contribution in [0.2, 0.25) is 0 Å². The fraction of sp³-hybridized carbons (Fsp3) is 0.259. The van der Waals surface area contributed by atoms with Gasteiger partial charge in [-0.1, -0.05) is 41.6 Å². The molecule has 1 amide bonds. The van der Waals surface area contributed by atoms with E-state index in [0.717, 1.165) is 48.5 Å². The van der Waals surface area contributed by atoms with Gasteiger partial charge in [0.25, 0.3) is 5.91 Å². The zero-order valence-corrected chi connectivity index (χ0v) is 20.0. The summed E-state index contributed by atoms with van der Waals surface area (Å²) >= 11 is 1.60. The molecule has 8 heteroatoms. The molecule has 6 rings (SSSR count). The maximum Gasteiger partial charge on any atom is 0.253 e. The third-order valence-corrected chi connectivity index (χ3v) is 7.57. The highest BCUT2D eigenvalue weighted by molar-refractivity contribution is 7.13. The first-order valence-corrected chi connectivity index (χ1v) is 12.7. The Kier molecular flexibility index (Phi) is 5.75. The maximum atomic E-state index is 13.2. The molecule has 3 heterocycles. The number of nitrogens with zero attached hydrogens (tertiary/aromatic N) is 4. The zero-order valence-electron chi connectivity index (χ0n) is 19.1. The van der Waals surface area contributed by atoms with Gasteiger partial charge in [0.15, 0.2) is 5.78 Å². The maximum absolute atomic E-state index is 13.2. The molecule has 0 saturated carbocycles. The Hall–Kier alpha value is -3.62. The summed E-state index contributed by atoms with van der Waals surface area (Å²) in [7, 11) is 0. The van der Waals surface area contributed by atoms with E-state index >= 15 is 0 Å². The minimum Gasteiger partial charge on any atom is -0.339 e. The van der Waals surface area contributed by atoms with Crippen molar-refractivity contribution in [2.24, 2.45) is 0 Å². The van der Waals surface area contributed by atoms with Crippen molar-refractivity contribution in [3.05, 3.63) is 82.6 Å². The molecule has 0 spiro atoms. The van der Waals surface area contributed by atoms with E-state index in [1.54, 1.807) is 17.4 Å². The average molecular weight is 485 g/mol. The second-order valence-corrected chi connectivity index (χ2v) is 9.81. The summed E-state index contributed by atoms with van der Waals surface area (Å²) in [6.45, 7) is 3.92. The van der Waals surface area contributed by atoms with E-state index in [4.69, 9.17) is 4.52 Å². The number of amides is 1. The van der Waals surface area contributed by atoms with Gasteiger partial charge in [0.05, 0.1) is 4.88 Å². The van der Waals surface area contributed by atoms with E-state index in [2.05, 4.69) is 15.0 Å². The van der Waals surface area contributed by atoms with Crippen molar-refractivity contribution in [1.29, 1.82) is 0 Å². The molecule has 4 aromatic rings. The standard InChI is InChI=1S/C27H24N4O3S/c32-25-21-6-2-1-5-19(21)20-10-9-18(17-22(20)25)27(33)31-14-12-30(13-15-31)11-3-8-24-28-26(29-34-24)23-7-4-16-35-23/h1-2,4-7,9-10,16-17H,3,8,11-15H2. The Morgan fingerprint density at radius 3 is 2.54 bits per heavy atom. The van der Waals surface area contributed by atoms with Crippen molar-refractivity contribution >= 4 is 23.0 Å². The second-order valence-electron chi connectivity index (χ2n) is 8.86. The number of hydrogen-bond donors (Lipinski definition) is 0. The normalized spacial score (nSPS) is 15.3. The lowest BCUT2D eigenvalue weighted by Crippen LogP contribution is -2.48. The highest BCUT2D eigenvalue weighted by Gasteiger charge is 2.28. The molecule has 0 bridgehead atoms. The number of aromatic nitrogens is 2. The van der Waals surface area contributed by atoms with Gasteiger partial charge < -0.3 is 9.42 Å². The molecule has 7 nitrogen and oxygen atoms in total. The van der Waals surface area contributed by atoms with Crippen LogP contribution in [-0.4, -0.2) is 64.4 Å². The quantitative estimate of drug-likeness (QED) is 0.355. The molecule has 176 valence electrons. The molecular formula is C27H24N4O3S.